The van der Waals surface area contributed by atoms with Crippen LogP contribution in [0.25, 0.3) is 0 Å². The highest BCUT2D eigenvalue weighted by atomic mass is 32.2. The van der Waals surface area contributed by atoms with E-state index in [9.17, 15) is 17.6 Å². The van der Waals surface area contributed by atoms with E-state index in [1.165, 1.54) is 17.5 Å². The summed E-state index contributed by atoms with van der Waals surface area (Å²) in [5, 5.41) is 2.93. The van der Waals surface area contributed by atoms with Gasteiger partial charge in [-0.3, -0.25) is 4.79 Å². The molecule has 1 fully saturated rings. The van der Waals surface area contributed by atoms with Crippen LogP contribution in [0.15, 0.2) is 23.1 Å². The molecule has 2 rings (SSSR count). The topological polar surface area (TPSA) is 75.7 Å². The number of methoxy groups -OCH3 is 1. The van der Waals surface area contributed by atoms with Crippen molar-refractivity contribution >= 4 is 15.9 Å². The van der Waals surface area contributed by atoms with E-state index in [-0.39, 0.29) is 41.6 Å². The Labute approximate surface area is 148 Å². The highest BCUT2D eigenvalue weighted by molar-refractivity contribution is 7.89. The van der Waals surface area contributed by atoms with Crippen molar-refractivity contribution in [1.29, 1.82) is 0 Å². The molecule has 0 spiro atoms. The molecule has 1 amide bonds. The van der Waals surface area contributed by atoms with E-state index in [0.29, 0.717) is 12.8 Å². The summed E-state index contributed by atoms with van der Waals surface area (Å²) in [5.74, 6) is -0.759. The normalized spacial score (nSPS) is 17.9. The zero-order valence-electron chi connectivity index (χ0n) is 14.8. The first-order valence-electron chi connectivity index (χ1n) is 8.43. The number of benzene rings is 1. The van der Waals surface area contributed by atoms with Crippen LogP contribution < -0.4 is 10.1 Å². The van der Waals surface area contributed by atoms with Crippen LogP contribution in [-0.2, 0) is 14.8 Å². The van der Waals surface area contributed by atoms with Crippen molar-refractivity contribution < 1.29 is 22.3 Å². The number of piperidine rings is 1. The van der Waals surface area contributed by atoms with Gasteiger partial charge >= 0.3 is 0 Å². The first-order valence-corrected chi connectivity index (χ1v) is 9.87. The van der Waals surface area contributed by atoms with Crippen molar-refractivity contribution in [2.24, 2.45) is 5.92 Å². The van der Waals surface area contributed by atoms with Crippen LogP contribution in [0.5, 0.6) is 5.75 Å². The Balaban J connectivity index is 2.09. The first kappa shape index (κ1) is 19.7. The number of rotatable bonds is 6. The average molecular weight is 372 g/mol. The Kier molecular flexibility index (Phi) is 6.40. The Morgan fingerprint density at radius 1 is 1.40 bits per heavy atom. The molecule has 1 N–H and O–H groups in total. The second-order valence-corrected chi connectivity index (χ2v) is 8.20. The molecule has 1 aromatic carbocycles. The Hall–Kier alpha value is -1.67. The third-order valence-electron chi connectivity index (χ3n) is 4.57. The summed E-state index contributed by atoms with van der Waals surface area (Å²) in [6.07, 6.45) is 1.73. The lowest BCUT2D eigenvalue weighted by Crippen LogP contribution is -2.44. The fourth-order valence-electron chi connectivity index (χ4n) is 2.81. The lowest BCUT2D eigenvalue weighted by atomic mass is 9.97. The summed E-state index contributed by atoms with van der Waals surface area (Å²) >= 11 is 0. The molecule has 0 aliphatic carbocycles. The van der Waals surface area contributed by atoms with E-state index in [1.807, 2.05) is 13.8 Å². The molecule has 1 heterocycles. The molecule has 0 radical (unpaired) electrons. The van der Waals surface area contributed by atoms with Gasteiger partial charge in [0.1, 0.15) is 16.5 Å². The number of sulfonamides is 1. The quantitative estimate of drug-likeness (QED) is 0.830. The van der Waals surface area contributed by atoms with E-state index in [2.05, 4.69) is 5.32 Å². The van der Waals surface area contributed by atoms with E-state index in [1.54, 1.807) is 0 Å². The molecule has 1 saturated heterocycles. The summed E-state index contributed by atoms with van der Waals surface area (Å²) in [6, 6.07) is 3.53. The van der Waals surface area contributed by atoms with Crippen LogP contribution in [-0.4, -0.2) is 44.9 Å². The molecule has 1 unspecified atom stereocenters. The zero-order chi connectivity index (χ0) is 18.6. The molecule has 140 valence electrons. The molecule has 1 aromatic rings. The van der Waals surface area contributed by atoms with Gasteiger partial charge in [-0.25, -0.2) is 12.8 Å². The van der Waals surface area contributed by atoms with Gasteiger partial charge in [-0.2, -0.15) is 4.31 Å². The molecular weight excluding hydrogens is 347 g/mol. The average Bonchev–Trinajstić information content (AvgIpc) is 2.61. The fraction of sp³-hybridized carbons (Fsp3) is 0.588. The van der Waals surface area contributed by atoms with E-state index >= 15 is 0 Å². The van der Waals surface area contributed by atoms with Crippen LogP contribution in [0.2, 0.25) is 0 Å². The number of amides is 1. The minimum Gasteiger partial charge on any atom is -0.495 e. The first-order chi connectivity index (χ1) is 11.8. The van der Waals surface area contributed by atoms with Crippen molar-refractivity contribution in [3.05, 3.63) is 24.0 Å². The van der Waals surface area contributed by atoms with E-state index in [0.717, 1.165) is 18.6 Å². The van der Waals surface area contributed by atoms with Gasteiger partial charge in [-0.1, -0.05) is 6.92 Å². The molecule has 1 atom stereocenters. The van der Waals surface area contributed by atoms with Crippen LogP contribution in [0.4, 0.5) is 4.39 Å². The highest BCUT2D eigenvalue weighted by Crippen LogP contribution is 2.30. The van der Waals surface area contributed by atoms with Crippen molar-refractivity contribution in [2.75, 3.05) is 20.2 Å². The number of nitrogens with one attached hydrogen (secondary N) is 1. The summed E-state index contributed by atoms with van der Waals surface area (Å²) in [5.41, 5.74) is 0. The summed E-state index contributed by atoms with van der Waals surface area (Å²) < 4.78 is 45.5. The summed E-state index contributed by atoms with van der Waals surface area (Å²) in [4.78, 5) is 12.0. The number of ether oxygens (including phenoxy) is 1. The number of halogens is 1. The van der Waals surface area contributed by atoms with Crippen LogP contribution in [0, 0.1) is 11.7 Å². The molecule has 0 bridgehead atoms. The minimum atomic E-state index is -3.87. The smallest absolute Gasteiger partial charge is 0.246 e. The third kappa shape index (κ3) is 4.49. The summed E-state index contributed by atoms with van der Waals surface area (Å²) in [6.45, 7) is 4.38. The fourth-order valence-corrected chi connectivity index (χ4v) is 4.45. The molecule has 8 heteroatoms. The number of hydrogen-bond acceptors (Lipinski definition) is 4. The standard InChI is InChI=1S/C17H25FN2O4S/c1-4-12(2)19-17(21)13-7-9-20(10-8-13)25(22,23)16-11-14(18)5-6-15(16)24-3/h5-6,11-13H,4,7-10H2,1-3H3,(H,19,21). The minimum absolute atomic E-state index is 0.0327. The van der Waals surface area contributed by atoms with Gasteiger partial charge in [0.2, 0.25) is 15.9 Å². The largest absolute Gasteiger partial charge is 0.495 e. The second-order valence-electron chi connectivity index (χ2n) is 6.29. The molecule has 25 heavy (non-hydrogen) atoms. The zero-order valence-corrected chi connectivity index (χ0v) is 15.6. The maximum Gasteiger partial charge on any atom is 0.246 e. The predicted octanol–water partition coefficient (Wildman–Crippen LogP) is 2.15. The Morgan fingerprint density at radius 3 is 2.60 bits per heavy atom. The predicted molar refractivity (Wildman–Crippen MR) is 92.3 cm³/mol. The molecule has 6 nitrogen and oxygen atoms in total. The number of carbonyl (C=O) groups excluding carboxylic acids is 1. The van der Waals surface area contributed by atoms with Gasteiger partial charge in [-0.15, -0.1) is 0 Å². The van der Waals surface area contributed by atoms with Gasteiger partial charge < -0.3 is 10.1 Å². The van der Waals surface area contributed by atoms with Crippen molar-refractivity contribution in [3.63, 3.8) is 0 Å². The highest BCUT2D eigenvalue weighted by Gasteiger charge is 2.34. The lowest BCUT2D eigenvalue weighted by molar-refractivity contribution is -0.126. The molecule has 0 saturated carbocycles. The lowest BCUT2D eigenvalue weighted by Gasteiger charge is -2.31. The summed E-state index contributed by atoms with van der Waals surface area (Å²) in [7, 11) is -2.52. The van der Waals surface area contributed by atoms with E-state index in [4.69, 9.17) is 4.74 Å². The van der Waals surface area contributed by atoms with Gasteiger partial charge in [0.25, 0.3) is 0 Å². The maximum absolute atomic E-state index is 13.5. The molecule has 1 aliphatic rings. The van der Waals surface area contributed by atoms with Crippen molar-refractivity contribution in [1.82, 2.24) is 9.62 Å². The van der Waals surface area contributed by atoms with Crippen molar-refractivity contribution in [2.45, 2.75) is 44.0 Å². The maximum atomic E-state index is 13.5. The molecule has 1 aliphatic heterocycles. The van der Waals surface area contributed by atoms with Crippen LogP contribution in [0.3, 0.4) is 0 Å². The molecule has 0 aromatic heterocycles. The van der Waals surface area contributed by atoms with Gasteiger partial charge in [-0.05, 0) is 44.4 Å². The molecular formula is C17H25FN2O4S. The second kappa shape index (κ2) is 8.14. The Bertz CT molecular complexity index is 715. The Morgan fingerprint density at radius 2 is 2.04 bits per heavy atom. The monoisotopic (exact) mass is 372 g/mol. The third-order valence-corrected chi connectivity index (χ3v) is 6.49. The van der Waals surface area contributed by atoms with Gasteiger partial charge in [0, 0.05) is 25.0 Å². The SMILES string of the molecule is CCC(C)NC(=O)C1CCN(S(=O)(=O)c2cc(F)ccc2OC)CC1. The van der Waals surface area contributed by atoms with Crippen molar-refractivity contribution in [3.8, 4) is 5.75 Å². The number of nitrogens with zero attached hydrogens (tertiary/aromatic N) is 1. The van der Waals surface area contributed by atoms with E-state index < -0.39 is 15.8 Å². The number of hydrogen-bond donors (Lipinski definition) is 1. The number of carbonyl (C=O) groups is 1. The van der Waals surface area contributed by atoms with Crippen LogP contribution >= 0.6 is 0 Å². The van der Waals surface area contributed by atoms with Crippen LogP contribution in [0.1, 0.15) is 33.1 Å². The van der Waals surface area contributed by atoms with Gasteiger partial charge in [0.05, 0.1) is 7.11 Å². The van der Waals surface area contributed by atoms with Gasteiger partial charge in [0.15, 0.2) is 0 Å².